The van der Waals surface area contributed by atoms with Crippen LogP contribution in [0.5, 0.6) is 0 Å². The lowest BCUT2D eigenvalue weighted by molar-refractivity contribution is -0.00861. The highest BCUT2D eigenvalue weighted by atomic mass is 16.5. The molecular weight excluding hydrogens is 252 g/mol. The molecule has 1 aliphatic rings. The Balaban J connectivity index is 1.93. The van der Waals surface area contributed by atoms with E-state index in [1.165, 1.54) is 0 Å². The fraction of sp³-hybridized carbons (Fsp3) is 0.562. The van der Waals surface area contributed by atoms with E-state index in [4.69, 9.17) is 4.74 Å². The lowest BCUT2D eigenvalue weighted by Gasteiger charge is -2.35. The first-order valence-electron chi connectivity index (χ1n) is 7.38. The predicted molar refractivity (Wildman–Crippen MR) is 81.1 cm³/mol. The Morgan fingerprint density at radius 1 is 1.35 bits per heavy atom. The highest BCUT2D eigenvalue weighted by molar-refractivity contribution is 5.99. The lowest BCUT2D eigenvalue weighted by Crippen LogP contribution is -2.47. The summed E-state index contributed by atoms with van der Waals surface area (Å²) in [5.41, 5.74) is 1.60. The summed E-state index contributed by atoms with van der Waals surface area (Å²) in [6.45, 7) is 6.87. The molecule has 2 rings (SSSR count). The van der Waals surface area contributed by atoms with Gasteiger partial charge in [0.1, 0.15) is 0 Å². The molecule has 0 aliphatic heterocycles. The number of carbonyl (C=O) groups excluding carboxylic acids is 1. The largest absolute Gasteiger partial charge is 0.382 e. The minimum absolute atomic E-state index is 0.00583. The van der Waals surface area contributed by atoms with Gasteiger partial charge in [-0.25, -0.2) is 0 Å². The molecule has 1 saturated carbocycles. The standard InChI is InChI=1S/C16H24N2O2/c1-4-20-13-9-12(10-13)18-16(19)14-7-5-6-8-15(14)17-11(2)3/h5-8,11-13,17H,4,9-10H2,1-3H3,(H,18,19). The van der Waals surface area contributed by atoms with E-state index in [0.717, 1.165) is 25.1 Å². The van der Waals surface area contributed by atoms with Gasteiger partial charge in [0.25, 0.3) is 5.91 Å². The van der Waals surface area contributed by atoms with Gasteiger partial charge >= 0.3 is 0 Å². The zero-order valence-corrected chi connectivity index (χ0v) is 12.5. The number of hydrogen-bond acceptors (Lipinski definition) is 3. The molecule has 1 amide bonds. The third-order valence-corrected chi connectivity index (χ3v) is 3.45. The fourth-order valence-electron chi connectivity index (χ4n) is 2.44. The van der Waals surface area contributed by atoms with Gasteiger partial charge in [0.2, 0.25) is 0 Å². The maximum absolute atomic E-state index is 12.3. The van der Waals surface area contributed by atoms with Crippen molar-refractivity contribution in [3.05, 3.63) is 29.8 Å². The summed E-state index contributed by atoms with van der Waals surface area (Å²) in [5.74, 6) is -0.00583. The first-order valence-corrected chi connectivity index (χ1v) is 7.38. The maximum atomic E-state index is 12.3. The van der Waals surface area contributed by atoms with Gasteiger partial charge in [-0.1, -0.05) is 12.1 Å². The van der Waals surface area contributed by atoms with Crippen LogP contribution in [0.1, 0.15) is 44.0 Å². The minimum Gasteiger partial charge on any atom is -0.382 e. The minimum atomic E-state index is -0.00583. The number of ether oxygens (including phenoxy) is 1. The summed E-state index contributed by atoms with van der Waals surface area (Å²) in [5, 5.41) is 6.38. The molecule has 0 atom stereocenters. The zero-order chi connectivity index (χ0) is 14.5. The summed E-state index contributed by atoms with van der Waals surface area (Å²) in [6.07, 6.45) is 2.15. The maximum Gasteiger partial charge on any atom is 0.253 e. The zero-order valence-electron chi connectivity index (χ0n) is 12.5. The molecule has 4 nitrogen and oxygen atoms in total. The van der Waals surface area contributed by atoms with E-state index in [9.17, 15) is 4.79 Å². The highest BCUT2D eigenvalue weighted by Gasteiger charge is 2.31. The molecule has 20 heavy (non-hydrogen) atoms. The van der Waals surface area contributed by atoms with Crippen molar-refractivity contribution in [1.82, 2.24) is 5.32 Å². The normalized spacial score (nSPS) is 21.4. The molecular formula is C16H24N2O2. The van der Waals surface area contributed by atoms with Crippen LogP contribution >= 0.6 is 0 Å². The first kappa shape index (κ1) is 14.9. The van der Waals surface area contributed by atoms with E-state index in [0.29, 0.717) is 17.7 Å². The Kier molecular flexibility index (Phi) is 5.01. The van der Waals surface area contributed by atoms with Crippen LogP contribution in [0.3, 0.4) is 0 Å². The molecule has 0 bridgehead atoms. The number of anilines is 1. The quantitative estimate of drug-likeness (QED) is 0.840. The van der Waals surface area contributed by atoms with Crippen LogP contribution in [0.2, 0.25) is 0 Å². The molecule has 1 fully saturated rings. The molecule has 2 N–H and O–H groups in total. The highest BCUT2D eigenvalue weighted by Crippen LogP contribution is 2.24. The average molecular weight is 276 g/mol. The van der Waals surface area contributed by atoms with Gasteiger partial charge in [-0.2, -0.15) is 0 Å². The van der Waals surface area contributed by atoms with E-state index in [1.807, 2.05) is 31.2 Å². The Morgan fingerprint density at radius 3 is 2.70 bits per heavy atom. The second kappa shape index (κ2) is 6.75. The van der Waals surface area contributed by atoms with Gasteiger partial charge in [0.05, 0.1) is 11.7 Å². The third kappa shape index (κ3) is 3.73. The number of amides is 1. The number of nitrogens with one attached hydrogen (secondary N) is 2. The van der Waals surface area contributed by atoms with Gasteiger partial charge in [0.15, 0.2) is 0 Å². The Morgan fingerprint density at radius 2 is 2.05 bits per heavy atom. The van der Waals surface area contributed by atoms with E-state index in [2.05, 4.69) is 24.5 Å². The molecule has 1 aromatic carbocycles. The summed E-state index contributed by atoms with van der Waals surface area (Å²) in [6, 6.07) is 8.18. The first-order chi connectivity index (χ1) is 9.60. The Labute approximate surface area is 120 Å². The van der Waals surface area contributed by atoms with Crippen molar-refractivity contribution in [2.24, 2.45) is 0 Å². The molecule has 0 unspecified atom stereocenters. The molecule has 4 heteroatoms. The summed E-state index contributed by atoms with van der Waals surface area (Å²) in [7, 11) is 0. The van der Waals surface area contributed by atoms with E-state index >= 15 is 0 Å². The summed E-state index contributed by atoms with van der Waals surface area (Å²) >= 11 is 0. The SMILES string of the molecule is CCOC1CC(NC(=O)c2ccccc2NC(C)C)C1. The molecule has 0 radical (unpaired) electrons. The van der Waals surface area contributed by atoms with Gasteiger partial charge in [0, 0.05) is 24.4 Å². The van der Waals surface area contributed by atoms with Crippen molar-refractivity contribution in [2.45, 2.75) is 51.8 Å². The second-order valence-electron chi connectivity index (χ2n) is 5.56. The van der Waals surface area contributed by atoms with Crippen LogP contribution in [0.15, 0.2) is 24.3 Å². The summed E-state index contributed by atoms with van der Waals surface area (Å²) < 4.78 is 5.51. The van der Waals surface area contributed by atoms with Crippen LogP contribution in [-0.2, 0) is 4.74 Å². The Bertz CT molecular complexity index is 454. The molecule has 110 valence electrons. The number of para-hydroxylation sites is 1. The van der Waals surface area contributed by atoms with Crippen molar-refractivity contribution >= 4 is 11.6 Å². The predicted octanol–water partition coefficient (Wildman–Crippen LogP) is 2.80. The Hall–Kier alpha value is -1.55. The monoisotopic (exact) mass is 276 g/mol. The summed E-state index contributed by atoms with van der Waals surface area (Å²) in [4.78, 5) is 12.3. The van der Waals surface area contributed by atoms with Gasteiger partial charge in [-0.3, -0.25) is 4.79 Å². The molecule has 1 aliphatic carbocycles. The van der Waals surface area contributed by atoms with Crippen LogP contribution in [0, 0.1) is 0 Å². The van der Waals surface area contributed by atoms with Gasteiger partial charge < -0.3 is 15.4 Å². The number of hydrogen-bond donors (Lipinski definition) is 2. The smallest absolute Gasteiger partial charge is 0.253 e. The van der Waals surface area contributed by atoms with Crippen LogP contribution in [0.25, 0.3) is 0 Å². The van der Waals surface area contributed by atoms with E-state index in [-0.39, 0.29) is 11.9 Å². The molecule has 0 aromatic heterocycles. The molecule has 0 saturated heterocycles. The second-order valence-corrected chi connectivity index (χ2v) is 5.56. The fourth-order valence-corrected chi connectivity index (χ4v) is 2.44. The topological polar surface area (TPSA) is 50.4 Å². The lowest BCUT2D eigenvalue weighted by atomic mass is 9.89. The third-order valence-electron chi connectivity index (χ3n) is 3.45. The van der Waals surface area contributed by atoms with Gasteiger partial charge in [-0.15, -0.1) is 0 Å². The number of carbonyl (C=O) groups is 1. The molecule has 1 aromatic rings. The van der Waals surface area contributed by atoms with Crippen LogP contribution in [-0.4, -0.2) is 30.7 Å². The van der Waals surface area contributed by atoms with Crippen molar-refractivity contribution in [3.63, 3.8) is 0 Å². The van der Waals surface area contributed by atoms with Crippen molar-refractivity contribution in [3.8, 4) is 0 Å². The molecule has 0 heterocycles. The van der Waals surface area contributed by atoms with E-state index in [1.54, 1.807) is 0 Å². The van der Waals surface area contributed by atoms with Crippen molar-refractivity contribution in [1.29, 1.82) is 0 Å². The number of rotatable bonds is 6. The van der Waals surface area contributed by atoms with Crippen molar-refractivity contribution < 1.29 is 9.53 Å². The average Bonchev–Trinajstić information content (AvgIpc) is 2.36. The van der Waals surface area contributed by atoms with Gasteiger partial charge in [-0.05, 0) is 45.7 Å². The van der Waals surface area contributed by atoms with Crippen LogP contribution in [0.4, 0.5) is 5.69 Å². The number of benzene rings is 1. The van der Waals surface area contributed by atoms with E-state index < -0.39 is 0 Å². The molecule has 0 spiro atoms. The van der Waals surface area contributed by atoms with Crippen LogP contribution < -0.4 is 10.6 Å². The van der Waals surface area contributed by atoms with Crippen molar-refractivity contribution in [2.75, 3.05) is 11.9 Å².